The Morgan fingerprint density at radius 1 is 0.909 bits per heavy atom. The van der Waals surface area contributed by atoms with Gasteiger partial charge in [-0.3, -0.25) is 14.3 Å². The Bertz CT molecular complexity index is 1100. The van der Waals surface area contributed by atoms with Gasteiger partial charge in [0, 0.05) is 30.4 Å². The third-order valence-corrected chi connectivity index (χ3v) is 7.69. The number of anilines is 1. The fourth-order valence-electron chi connectivity index (χ4n) is 4.46. The van der Waals surface area contributed by atoms with Gasteiger partial charge >= 0.3 is 0 Å². The van der Waals surface area contributed by atoms with E-state index in [4.69, 9.17) is 0 Å². The molecule has 176 valence electrons. The molecule has 2 amide bonds. The van der Waals surface area contributed by atoms with Crippen LogP contribution in [0.2, 0.25) is 0 Å². The number of amides is 2. The molecule has 2 aliphatic rings. The molecule has 1 atom stereocenters. The quantitative estimate of drug-likeness (QED) is 0.671. The monoisotopic (exact) mass is 473 g/mol. The zero-order valence-electron chi connectivity index (χ0n) is 18.3. The molecule has 1 aliphatic heterocycles. The summed E-state index contributed by atoms with van der Waals surface area (Å²) in [7, 11) is -3.87. The Morgan fingerprint density at radius 2 is 1.58 bits per heavy atom. The highest BCUT2D eigenvalue weighted by atomic mass is 32.2. The Morgan fingerprint density at radius 3 is 2.24 bits per heavy atom. The maximum atomic E-state index is 13.1. The molecule has 7 nitrogen and oxygen atoms in total. The van der Waals surface area contributed by atoms with Gasteiger partial charge in [0.15, 0.2) is 0 Å². The lowest BCUT2D eigenvalue weighted by Gasteiger charge is -2.32. The van der Waals surface area contributed by atoms with Crippen molar-refractivity contribution >= 4 is 27.5 Å². The summed E-state index contributed by atoms with van der Waals surface area (Å²) in [6.45, 7) is 0.974. The first-order valence-electron chi connectivity index (χ1n) is 11.3. The summed E-state index contributed by atoms with van der Waals surface area (Å²) >= 11 is 0. The van der Waals surface area contributed by atoms with Crippen molar-refractivity contribution < 1.29 is 22.4 Å². The van der Waals surface area contributed by atoms with Gasteiger partial charge in [0.1, 0.15) is 5.82 Å². The molecule has 2 aromatic rings. The summed E-state index contributed by atoms with van der Waals surface area (Å²) in [4.78, 5) is 27.3. The van der Waals surface area contributed by atoms with E-state index in [0.717, 1.165) is 50.7 Å². The van der Waals surface area contributed by atoms with E-state index >= 15 is 0 Å². The molecule has 0 radical (unpaired) electrons. The number of halogens is 1. The number of rotatable bonds is 6. The van der Waals surface area contributed by atoms with Crippen molar-refractivity contribution in [2.75, 3.05) is 17.8 Å². The normalized spacial score (nSPS) is 19.3. The molecule has 2 fully saturated rings. The number of carbonyl (C=O) groups excluding carboxylic acids is 2. The van der Waals surface area contributed by atoms with Crippen LogP contribution in [0.1, 0.15) is 48.9 Å². The van der Waals surface area contributed by atoms with Crippen LogP contribution in [0, 0.1) is 11.7 Å². The molecule has 2 aromatic carbocycles. The van der Waals surface area contributed by atoms with Gasteiger partial charge in [-0.15, -0.1) is 0 Å². The second kappa shape index (κ2) is 9.91. The second-order valence-corrected chi connectivity index (χ2v) is 10.4. The molecular weight excluding hydrogens is 445 g/mol. The van der Waals surface area contributed by atoms with E-state index in [-0.39, 0.29) is 28.7 Å². The topological polar surface area (TPSA) is 95.6 Å². The average molecular weight is 474 g/mol. The van der Waals surface area contributed by atoms with E-state index in [1.165, 1.54) is 24.3 Å². The van der Waals surface area contributed by atoms with Crippen LogP contribution in [0.15, 0.2) is 53.4 Å². The molecule has 0 spiro atoms. The van der Waals surface area contributed by atoms with Gasteiger partial charge in [0.25, 0.3) is 15.9 Å². The lowest BCUT2D eigenvalue weighted by atomic mass is 9.96. The molecule has 0 aromatic heterocycles. The summed E-state index contributed by atoms with van der Waals surface area (Å²) in [6, 6.07) is 10.9. The molecule has 9 heteroatoms. The minimum absolute atomic E-state index is 0.0324. The first-order valence-corrected chi connectivity index (χ1v) is 12.8. The maximum Gasteiger partial charge on any atom is 0.261 e. The molecule has 33 heavy (non-hydrogen) atoms. The summed E-state index contributed by atoms with van der Waals surface area (Å²) in [5.41, 5.74) is 0.722. The van der Waals surface area contributed by atoms with Gasteiger partial charge in [-0.05, 0) is 74.2 Å². The standard InChI is InChI=1S/C24H28FN3O4S/c25-19-9-13-22(14-10-19)33(31,32)27-21-11-7-17(8-12-21)24(30)28-15-3-4-18(16-28)23(29)26-20-5-1-2-6-20/h7-14,18,20,27H,1-6,15-16H2,(H,26,29)/t18-/m0/s1. The highest BCUT2D eigenvalue weighted by Gasteiger charge is 2.30. The van der Waals surface area contributed by atoms with Crippen molar-refractivity contribution in [1.29, 1.82) is 0 Å². The minimum Gasteiger partial charge on any atom is -0.353 e. The minimum atomic E-state index is -3.87. The molecule has 1 saturated carbocycles. The molecule has 4 rings (SSSR count). The Kier molecular flexibility index (Phi) is 6.97. The van der Waals surface area contributed by atoms with Crippen molar-refractivity contribution in [3.63, 3.8) is 0 Å². The van der Waals surface area contributed by atoms with Crippen molar-refractivity contribution in [3.8, 4) is 0 Å². The molecule has 0 unspecified atom stereocenters. The summed E-state index contributed by atoms with van der Waals surface area (Å²) in [6.07, 6.45) is 5.89. The van der Waals surface area contributed by atoms with Crippen LogP contribution >= 0.6 is 0 Å². The number of sulfonamides is 1. The zero-order valence-corrected chi connectivity index (χ0v) is 19.1. The van der Waals surface area contributed by atoms with Crippen molar-refractivity contribution in [2.45, 2.75) is 49.5 Å². The van der Waals surface area contributed by atoms with Crippen LogP contribution in [-0.4, -0.2) is 44.3 Å². The van der Waals surface area contributed by atoms with E-state index < -0.39 is 15.8 Å². The summed E-state index contributed by atoms with van der Waals surface area (Å²) in [5, 5.41) is 3.13. The van der Waals surface area contributed by atoms with Crippen LogP contribution in [-0.2, 0) is 14.8 Å². The van der Waals surface area contributed by atoms with E-state index in [2.05, 4.69) is 10.0 Å². The molecule has 2 N–H and O–H groups in total. The van der Waals surface area contributed by atoms with Gasteiger partial charge < -0.3 is 10.2 Å². The number of nitrogens with zero attached hydrogens (tertiary/aromatic N) is 1. The number of likely N-dealkylation sites (tertiary alicyclic amines) is 1. The molecule has 1 aliphatic carbocycles. The third kappa shape index (κ3) is 5.71. The number of nitrogens with one attached hydrogen (secondary N) is 2. The van der Waals surface area contributed by atoms with Crippen LogP contribution in [0.25, 0.3) is 0 Å². The van der Waals surface area contributed by atoms with E-state index in [1.54, 1.807) is 17.0 Å². The number of piperidine rings is 1. The zero-order chi connectivity index (χ0) is 23.4. The van der Waals surface area contributed by atoms with Crippen molar-refractivity contribution in [2.24, 2.45) is 5.92 Å². The second-order valence-electron chi connectivity index (χ2n) is 8.72. The van der Waals surface area contributed by atoms with Crippen molar-refractivity contribution in [3.05, 3.63) is 59.9 Å². The van der Waals surface area contributed by atoms with Gasteiger partial charge in [0.2, 0.25) is 5.91 Å². The molecule has 0 bridgehead atoms. The maximum absolute atomic E-state index is 13.1. The smallest absolute Gasteiger partial charge is 0.261 e. The number of benzene rings is 2. The van der Waals surface area contributed by atoms with Gasteiger partial charge in [-0.25, -0.2) is 12.8 Å². The highest BCUT2D eigenvalue weighted by molar-refractivity contribution is 7.92. The fraction of sp³-hybridized carbons (Fsp3) is 0.417. The van der Waals surface area contributed by atoms with E-state index in [1.807, 2.05) is 0 Å². The number of hydrogen-bond acceptors (Lipinski definition) is 4. The fourth-order valence-corrected chi connectivity index (χ4v) is 5.51. The Labute approximate surface area is 193 Å². The first kappa shape index (κ1) is 23.2. The van der Waals surface area contributed by atoms with Crippen LogP contribution in [0.4, 0.5) is 10.1 Å². The predicted octanol–water partition coefficient (Wildman–Crippen LogP) is 3.54. The average Bonchev–Trinajstić information content (AvgIpc) is 3.32. The number of carbonyl (C=O) groups is 2. The third-order valence-electron chi connectivity index (χ3n) is 6.29. The van der Waals surface area contributed by atoms with Crippen molar-refractivity contribution in [1.82, 2.24) is 10.2 Å². The highest BCUT2D eigenvalue weighted by Crippen LogP contribution is 2.23. The largest absolute Gasteiger partial charge is 0.353 e. The van der Waals surface area contributed by atoms with Crippen LogP contribution in [0.5, 0.6) is 0 Å². The Balaban J connectivity index is 1.37. The van der Waals surface area contributed by atoms with Crippen LogP contribution in [0.3, 0.4) is 0 Å². The summed E-state index contributed by atoms with van der Waals surface area (Å²) < 4.78 is 40.4. The van der Waals surface area contributed by atoms with Gasteiger partial charge in [0.05, 0.1) is 10.8 Å². The van der Waals surface area contributed by atoms with Gasteiger partial charge in [-0.1, -0.05) is 12.8 Å². The number of hydrogen-bond donors (Lipinski definition) is 2. The Hall–Kier alpha value is -2.94. The molecule has 1 saturated heterocycles. The SMILES string of the molecule is O=C(NC1CCCC1)[C@H]1CCCN(C(=O)c2ccc(NS(=O)(=O)c3ccc(F)cc3)cc2)C1. The van der Waals surface area contributed by atoms with Crippen LogP contribution < -0.4 is 10.0 Å². The van der Waals surface area contributed by atoms with E-state index in [0.29, 0.717) is 24.3 Å². The van der Waals surface area contributed by atoms with Gasteiger partial charge in [-0.2, -0.15) is 0 Å². The molecular formula is C24H28FN3O4S. The van der Waals surface area contributed by atoms with E-state index in [9.17, 15) is 22.4 Å². The lowest BCUT2D eigenvalue weighted by molar-refractivity contribution is -0.127. The molecule has 1 heterocycles. The first-order chi connectivity index (χ1) is 15.8. The predicted molar refractivity (Wildman–Crippen MR) is 123 cm³/mol. The lowest BCUT2D eigenvalue weighted by Crippen LogP contribution is -2.47. The summed E-state index contributed by atoms with van der Waals surface area (Å²) in [5.74, 6) is -0.871.